The lowest BCUT2D eigenvalue weighted by molar-refractivity contribution is 0.625. The van der Waals surface area contributed by atoms with Gasteiger partial charge >= 0.3 is 0 Å². The predicted molar refractivity (Wildman–Crippen MR) is 105 cm³/mol. The minimum absolute atomic E-state index is 0. The molecular formula is C16H22FIN4S. The number of aromatic nitrogens is 1. The standard InChI is InChI=1S/C16H21FN4S.HI/c1-11-8-14(17)5-4-13(11)6-7-19-16(18-3)21-10-15-20-9-12(2)22-15;/h4-5,8-9H,6-7,10H2,1-3H3,(H2,18,19,21);1H. The summed E-state index contributed by atoms with van der Waals surface area (Å²) in [5, 5.41) is 7.53. The van der Waals surface area contributed by atoms with Crippen LogP contribution >= 0.6 is 35.3 Å². The number of guanidine groups is 1. The lowest BCUT2D eigenvalue weighted by atomic mass is 10.1. The Kier molecular flexibility index (Phi) is 8.46. The summed E-state index contributed by atoms with van der Waals surface area (Å²) >= 11 is 1.67. The zero-order valence-electron chi connectivity index (χ0n) is 13.5. The van der Waals surface area contributed by atoms with Gasteiger partial charge in [0.25, 0.3) is 0 Å². The van der Waals surface area contributed by atoms with Crippen LogP contribution in [0.25, 0.3) is 0 Å². The number of benzene rings is 1. The second-order valence-electron chi connectivity index (χ2n) is 5.04. The summed E-state index contributed by atoms with van der Waals surface area (Å²) in [4.78, 5) is 9.70. The van der Waals surface area contributed by atoms with Crippen molar-refractivity contribution in [3.63, 3.8) is 0 Å². The van der Waals surface area contributed by atoms with E-state index in [0.29, 0.717) is 6.54 Å². The third-order valence-corrected chi connectivity index (χ3v) is 4.20. The largest absolute Gasteiger partial charge is 0.356 e. The van der Waals surface area contributed by atoms with E-state index in [4.69, 9.17) is 0 Å². The third kappa shape index (κ3) is 6.42. The topological polar surface area (TPSA) is 49.3 Å². The first-order valence-corrected chi connectivity index (χ1v) is 8.01. The monoisotopic (exact) mass is 448 g/mol. The number of rotatable bonds is 5. The molecule has 1 aromatic heterocycles. The molecule has 23 heavy (non-hydrogen) atoms. The Morgan fingerprint density at radius 2 is 2.09 bits per heavy atom. The average molecular weight is 448 g/mol. The maximum Gasteiger partial charge on any atom is 0.191 e. The molecule has 1 aromatic carbocycles. The number of nitrogens with one attached hydrogen (secondary N) is 2. The minimum atomic E-state index is -0.189. The van der Waals surface area contributed by atoms with Gasteiger partial charge in [0.1, 0.15) is 10.8 Å². The molecule has 0 spiro atoms. The van der Waals surface area contributed by atoms with E-state index in [1.807, 2.05) is 26.1 Å². The number of aliphatic imine (C=N–C) groups is 1. The lowest BCUT2D eigenvalue weighted by Crippen LogP contribution is -2.37. The van der Waals surface area contributed by atoms with Gasteiger partial charge in [0.2, 0.25) is 0 Å². The van der Waals surface area contributed by atoms with Crippen molar-refractivity contribution in [3.05, 3.63) is 51.2 Å². The molecule has 0 amide bonds. The van der Waals surface area contributed by atoms with Crippen molar-refractivity contribution in [2.75, 3.05) is 13.6 Å². The number of aryl methyl sites for hydroxylation is 2. The molecule has 7 heteroatoms. The molecule has 1 heterocycles. The fourth-order valence-corrected chi connectivity index (χ4v) is 2.85. The summed E-state index contributed by atoms with van der Waals surface area (Å²) < 4.78 is 13.1. The van der Waals surface area contributed by atoms with Crippen molar-refractivity contribution >= 4 is 41.3 Å². The molecule has 0 bridgehead atoms. The average Bonchev–Trinajstić information content (AvgIpc) is 2.90. The second-order valence-corrected chi connectivity index (χ2v) is 6.36. The molecule has 0 aliphatic carbocycles. The number of hydrogen-bond acceptors (Lipinski definition) is 3. The van der Waals surface area contributed by atoms with E-state index in [2.05, 4.69) is 20.6 Å². The van der Waals surface area contributed by atoms with Crippen molar-refractivity contribution in [2.45, 2.75) is 26.8 Å². The summed E-state index contributed by atoms with van der Waals surface area (Å²) in [5.74, 6) is 0.554. The predicted octanol–water partition coefficient (Wildman–Crippen LogP) is 3.42. The Hall–Kier alpha value is -1.22. The van der Waals surface area contributed by atoms with Gasteiger partial charge in [-0.05, 0) is 43.5 Å². The van der Waals surface area contributed by atoms with E-state index in [0.717, 1.165) is 35.1 Å². The highest BCUT2D eigenvalue weighted by Crippen LogP contribution is 2.11. The Labute approximate surface area is 157 Å². The first-order chi connectivity index (χ1) is 10.6. The molecule has 0 atom stereocenters. The summed E-state index contributed by atoms with van der Waals surface area (Å²) in [6, 6.07) is 4.90. The van der Waals surface area contributed by atoms with Crippen LogP contribution in [0.5, 0.6) is 0 Å². The molecule has 0 saturated carbocycles. The smallest absolute Gasteiger partial charge is 0.191 e. The molecule has 0 aliphatic heterocycles. The van der Waals surface area contributed by atoms with Crippen LogP contribution in [-0.4, -0.2) is 24.5 Å². The third-order valence-electron chi connectivity index (χ3n) is 3.29. The molecule has 0 unspecified atom stereocenters. The second kappa shape index (κ2) is 9.82. The Balaban J connectivity index is 0.00000264. The maximum atomic E-state index is 13.1. The summed E-state index contributed by atoms with van der Waals surface area (Å²) in [6.07, 6.45) is 2.69. The fourth-order valence-electron chi connectivity index (χ4n) is 2.12. The van der Waals surface area contributed by atoms with Crippen LogP contribution in [0.15, 0.2) is 29.4 Å². The molecule has 2 N–H and O–H groups in total. The van der Waals surface area contributed by atoms with Gasteiger partial charge in [0, 0.05) is 24.7 Å². The van der Waals surface area contributed by atoms with Gasteiger partial charge in [-0.1, -0.05) is 6.07 Å². The van der Waals surface area contributed by atoms with E-state index in [9.17, 15) is 4.39 Å². The zero-order valence-corrected chi connectivity index (χ0v) is 16.7. The Morgan fingerprint density at radius 1 is 1.30 bits per heavy atom. The van der Waals surface area contributed by atoms with Gasteiger partial charge in [0.05, 0.1) is 6.54 Å². The van der Waals surface area contributed by atoms with Crippen molar-refractivity contribution < 1.29 is 4.39 Å². The van der Waals surface area contributed by atoms with Crippen LogP contribution in [-0.2, 0) is 13.0 Å². The van der Waals surface area contributed by atoms with E-state index < -0.39 is 0 Å². The van der Waals surface area contributed by atoms with Crippen molar-refractivity contribution in [1.82, 2.24) is 15.6 Å². The zero-order chi connectivity index (χ0) is 15.9. The summed E-state index contributed by atoms with van der Waals surface area (Å²) in [7, 11) is 1.74. The number of nitrogens with zero attached hydrogens (tertiary/aromatic N) is 2. The lowest BCUT2D eigenvalue weighted by Gasteiger charge is -2.12. The fraction of sp³-hybridized carbons (Fsp3) is 0.375. The molecule has 0 radical (unpaired) electrons. The normalized spacial score (nSPS) is 11.0. The van der Waals surface area contributed by atoms with Gasteiger partial charge in [-0.3, -0.25) is 4.99 Å². The van der Waals surface area contributed by atoms with Gasteiger partial charge in [-0.25, -0.2) is 9.37 Å². The number of thiazole rings is 1. The first kappa shape index (κ1) is 19.8. The summed E-state index contributed by atoms with van der Waals surface area (Å²) in [5.41, 5.74) is 2.11. The SMILES string of the molecule is CN=C(NCCc1ccc(F)cc1C)NCc1ncc(C)s1.I. The molecule has 2 aromatic rings. The van der Waals surface area contributed by atoms with Crippen LogP contribution in [0.3, 0.4) is 0 Å². The van der Waals surface area contributed by atoms with Gasteiger partial charge in [-0.15, -0.1) is 35.3 Å². The Bertz CT molecular complexity index is 657. The maximum absolute atomic E-state index is 13.1. The van der Waals surface area contributed by atoms with Crippen LogP contribution in [0, 0.1) is 19.7 Å². The highest BCUT2D eigenvalue weighted by atomic mass is 127. The molecule has 0 fully saturated rings. The highest BCUT2D eigenvalue weighted by molar-refractivity contribution is 14.0. The Morgan fingerprint density at radius 3 is 2.70 bits per heavy atom. The molecule has 2 rings (SSSR count). The van der Waals surface area contributed by atoms with Crippen LogP contribution in [0.2, 0.25) is 0 Å². The van der Waals surface area contributed by atoms with E-state index in [1.165, 1.54) is 10.9 Å². The van der Waals surface area contributed by atoms with Crippen molar-refractivity contribution in [3.8, 4) is 0 Å². The van der Waals surface area contributed by atoms with Crippen LogP contribution < -0.4 is 10.6 Å². The van der Waals surface area contributed by atoms with Gasteiger partial charge in [0.15, 0.2) is 5.96 Å². The minimum Gasteiger partial charge on any atom is -0.356 e. The van der Waals surface area contributed by atoms with Crippen molar-refractivity contribution in [2.24, 2.45) is 4.99 Å². The van der Waals surface area contributed by atoms with Gasteiger partial charge in [-0.2, -0.15) is 0 Å². The number of halogens is 2. The molecule has 0 saturated heterocycles. The van der Waals surface area contributed by atoms with E-state index >= 15 is 0 Å². The van der Waals surface area contributed by atoms with Crippen LogP contribution in [0.4, 0.5) is 4.39 Å². The molecular weight excluding hydrogens is 426 g/mol. The summed E-state index contributed by atoms with van der Waals surface area (Å²) in [6.45, 7) is 5.37. The highest BCUT2D eigenvalue weighted by Gasteiger charge is 2.03. The molecule has 0 aliphatic rings. The van der Waals surface area contributed by atoms with E-state index in [1.54, 1.807) is 24.5 Å². The molecule has 4 nitrogen and oxygen atoms in total. The van der Waals surface area contributed by atoms with Crippen LogP contribution in [0.1, 0.15) is 21.0 Å². The molecule has 126 valence electrons. The van der Waals surface area contributed by atoms with Crippen molar-refractivity contribution in [1.29, 1.82) is 0 Å². The van der Waals surface area contributed by atoms with E-state index in [-0.39, 0.29) is 29.8 Å². The van der Waals surface area contributed by atoms with Gasteiger partial charge < -0.3 is 10.6 Å². The number of hydrogen-bond donors (Lipinski definition) is 2. The quantitative estimate of drug-likeness (QED) is 0.419. The first-order valence-electron chi connectivity index (χ1n) is 7.19.